The molecule has 3 aliphatic carbocycles. The molecule has 0 bridgehead atoms. The van der Waals surface area contributed by atoms with Crippen molar-refractivity contribution in [3.05, 3.63) is 0 Å². The van der Waals surface area contributed by atoms with E-state index in [0.29, 0.717) is 36.0 Å². The molecule has 4 rings (SSSR count). The maximum absolute atomic E-state index is 12.4. The number of terminal acetylenes is 1. The van der Waals surface area contributed by atoms with Crippen LogP contribution in [0.1, 0.15) is 68.1 Å². The number of hydrogen-bond donors (Lipinski definition) is 1. The van der Waals surface area contributed by atoms with Crippen LogP contribution < -0.4 is 5.32 Å². The van der Waals surface area contributed by atoms with Crippen LogP contribution in [0.15, 0.2) is 0 Å². The van der Waals surface area contributed by atoms with Gasteiger partial charge in [-0.25, -0.2) is 0 Å². The number of rotatable bonds is 0. The molecule has 0 radical (unpaired) electrons. The Morgan fingerprint density at radius 2 is 1.74 bits per heavy atom. The normalized spacial score (nSPS) is 48.2. The van der Waals surface area contributed by atoms with Gasteiger partial charge in [0.25, 0.3) is 0 Å². The van der Waals surface area contributed by atoms with Crippen molar-refractivity contribution < 1.29 is 12.4 Å². The van der Waals surface area contributed by atoms with Crippen molar-refractivity contribution in [2.45, 2.75) is 71.3 Å². The van der Waals surface area contributed by atoms with E-state index in [0.717, 1.165) is 32.1 Å². The number of amides is 1. The number of piperidine rings is 1. The third-order valence-corrected chi connectivity index (χ3v) is 7.80. The van der Waals surface area contributed by atoms with Crippen LogP contribution in [0.3, 0.4) is 0 Å². The Morgan fingerprint density at radius 3 is 2.48 bits per heavy atom. The summed E-state index contributed by atoms with van der Waals surface area (Å²) in [6.07, 6.45) is 16.2. The summed E-state index contributed by atoms with van der Waals surface area (Å²) in [6, 6.07) is 0.376. The molecule has 0 aromatic carbocycles. The monoisotopic (exact) mass is 319 g/mol. The molecule has 4 fully saturated rings. The average Bonchev–Trinajstić information content (AvgIpc) is 2.86. The first-order valence-corrected chi connectivity index (χ1v) is 9.11. The summed E-state index contributed by atoms with van der Waals surface area (Å²) in [6.45, 7) is 4.65. The molecule has 3 saturated carbocycles. The highest BCUT2D eigenvalue weighted by atomic mass is 16.1. The Labute approximate surface area is 142 Å². The molecule has 6 atom stereocenters. The summed E-state index contributed by atoms with van der Waals surface area (Å²) in [7, 11) is 0. The zero-order valence-electron chi connectivity index (χ0n) is 14.4. The first kappa shape index (κ1) is 16.6. The van der Waals surface area contributed by atoms with Crippen LogP contribution >= 0.6 is 0 Å². The standard InChI is InChI=1S/C18H27NO2.C2H2.2H2/c1-17-10-8-16(21)19-14(17)5-3-11-12-4-6-15(20)18(12,2)9-7-13(11)17;1-2;;/h11-14H,3-10H2,1-2H3,(H,19,21);1-2H;2*1H. The van der Waals surface area contributed by atoms with Gasteiger partial charge in [-0.15, -0.1) is 12.8 Å². The predicted octanol–water partition coefficient (Wildman–Crippen LogP) is 3.82. The summed E-state index contributed by atoms with van der Waals surface area (Å²) in [5.74, 6) is 2.80. The third kappa shape index (κ3) is 2.25. The lowest BCUT2D eigenvalue weighted by atomic mass is 9.48. The molecule has 6 unspecified atom stereocenters. The topological polar surface area (TPSA) is 46.2 Å². The molecule has 3 nitrogen and oxygen atoms in total. The first-order chi connectivity index (χ1) is 10.9. The zero-order valence-corrected chi connectivity index (χ0v) is 14.4. The van der Waals surface area contributed by atoms with Gasteiger partial charge in [-0.1, -0.05) is 13.8 Å². The van der Waals surface area contributed by atoms with E-state index in [1.807, 2.05) is 0 Å². The molecule has 3 heteroatoms. The van der Waals surface area contributed by atoms with Gasteiger partial charge < -0.3 is 5.32 Å². The minimum Gasteiger partial charge on any atom is -0.353 e. The molecule has 23 heavy (non-hydrogen) atoms. The molecular weight excluding hydrogens is 286 g/mol. The molecule has 0 aromatic rings. The van der Waals surface area contributed by atoms with E-state index in [9.17, 15) is 9.59 Å². The summed E-state index contributed by atoms with van der Waals surface area (Å²) in [5.41, 5.74) is 0.242. The lowest BCUT2D eigenvalue weighted by molar-refractivity contribution is -0.141. The van der Waals surface area contributed by atoms with E-state index in [1.165, 1.54) is 12.8 Å². The van der Waals surface area contributed by atoms with Crippen molar-refractivity contribution >= 4 is 11.7 Å². The molecular formula is C20H33NO2. The van der Waals surface area contributed by atoms with Crippen molar-refractivity contribution in [3.63, 3.8) is 0 Å². The van der Waals surface area contributed by atoms with Crippen molar-refractivity contribution in [3.8, 4) is 12.8 Å². The second-order valence-electron chi connectivity index (χ2n) is 8.50. The fourth-order valence-electron chi connectivity index (χ4n) is 6.47. The predicted molar refractivity (Wildman–Crippen MR) is 94.7 cm³/mol. The molecule has 0 spiro atoms. The summed E-state index contributed by atoms with van der Waals surface area (Å²) < 4.78 is 0. The van der Waals surface area contributed by atoms with Crippen molar-refractivity contribution in [2.75, 3.05) is 0 Å². The minimum atomic E-state index is -0.0255. The lowest BCUT2D eigenvalue weighted by Gasteiger charge is -2.59. The smallest absolute Gasteiger partial charge is 0.220 e. The van der Waals surface area contributed by atoms with E-state index in [2.05, 4.69) is 32.0 Å². The third-order valence-electron chi connectivity index (χ3n) is 7.80. The number of ketones is 1. The molecule has 0 aromatic heterocycles. The highest BCUT2D eigenvalue weighted by Gasteiger charge is 2.60. The van der Waals surface area contributed by atoms with Gasteiger partial charge in [0.15, 0.2) is 0 Å². The van der Waals surface area contributed by atoms with Gasteiger partial charge in [-0.3, -0.25) is 9.59 Å². The van der Waals surface area contributed by atoms with Gasteiger partial charge in [0.1, 0.15) is 5.78 Å². The minimum absolute atomic E-state index is 0. The van der Waals surface area contributed by atoms with Gasteiger partial charge in [0, 0.05) is 27.2 Å². The fourth-order valence-corrected chi connectivity index (χ4v) is 6.47. The molecule has 1 heterocycles. The van der Waals surface area contributed by atoms with Crippen molar-refractivity contribution in [1.82, 2.24) is 5.32 Å². The molecule has 130 valence electrons. The molecule has 1 N–H and O–H groups in total. The van der Waals surface area contributed by atoms with Crippen LogP contribution in [0, 0.1) is 41.4 Å². The van der Waals surface area contributed by atoms with Gasteiger partial charge in [-0.2, -0.15) is 0 Å². The maximum atomic E-state index is 12.4. The lowest BCUT2D eigenvalue weighted by Crippen LogP contribution is -2.61. The number of hydrogen-bond acceptors (Lipinski definition) is 2. The van der Waals surface area contributed by atoms with Crippen molar-refractivity contribution in [2.24, 2.45) is 28.6 Å². The second kappa shape index (κ2) is 5.65. The van der Waals surface area contributed by atoms with Crippen LogP contribution in [-0.4, -0.2) is 17.7 Å². The van der Waals surface area contributed by atoms with Crippen LogP contribution in [0.25, 0.3) is 0 Å². The number of fused-ring (bicyclic) bond motifs is 5. The molecule has 1 aliphatic heterocycles. The highest BCUT2D eigenvalue weighted by Crippen LogP contribution is 2.62. The van der Waals surface area contributed by atoms with E-state index < -0.39 is 0 Å². The summed E-state index contributed by atoms with van der Waals surface area (Å²) in [5, 5.41) is 3.26. The summed E-state index contributed by atoms with van der Waals surface area (Å²) in [4.78, 5) is 24.1. The second-order valence-corrected chi connectivity index (χ2v) is 8.50. The van der Waals surface area contributed by atoms with Crippen LogP contribution in [0.5, 0.6) is 0 Å². The Kier molecular flexibility index (Phi) is 4.07. The first-order valence-electron chi connectivity index (χ1n) is 9.11. The number of Topliss-reactive ketones (excluding diaryl/α,β-unsaturated/α-hetero) is 1. The Balaban J connectivity index is 0.000000755. The molecule has 4 aliphatic rings. The van der Waals surface area contributed by atoms with Crippen LogP contribution in [0.4, 0.5) is 0 Å². The largest absolute Gasteiger partial charge is 0.353 e. The zero-order chi connectivity index (χ0) is 16.8. The SMILES string of the molecule is C#C.CC12CCC3C(CCC4NC(=O)CCC43C)C1CCC2=O.[HH].[HH]. The Morgan fingerprint density at radius 1 is 1.00 bits per heavy atom. The average molecular weight is 319 g/mol. The van der Waals surface area contributed by atoms with Gasteiger partial charge in [0.2, 0.25) is 5.91 Å². The van der Waals surface area contributed by atoms with Crippen molar-refractivity contribution in [1.29, 1.82) is 0 Å². The van der Waals surface area contributed by atoms with E-state index >= 15 is 0 Å². The quantitative estimate of drug-likeness (QED) is 0.690. The number of carbonyl (C=O) groups is 2. The Hall–Kier alpha value is -1.30. The number of carbonyl (C=O) groups excluding carboxylic acids is 2. The van der Waals surface area contributed by atoms with Crippen LogP contribution in [-0.2, 0) is 9.59 Å². The van der Waals surface area contributed by atoms with Gasteiger partial charge in [-0.05, 0) is 61.7 Å². The van der Waals surface area contributed by atoms with Crippen LogP contribution in [0.2, 0.25) is 0 Å². The highest BCUT2D eigenvalue weighted by molar-refractivity contribution is 5.87. The van der Waals surface area contributed by atoms with E-state index in [4.69, 9.17) is 0 Å². The van der Waals surface area contributed by atoms with Gasteiger partial charge >= 0.3 is 0 Å². The maximum Gasteiger partial charge on any atom is 0.220 e. The fraction of sp³-hybridized carbons (Fsp3) is 0.800. The Bertz CT molecular complexity index is 549. The summed E-state index contributed by atoms with van der Waals surface area (Å²) >= 11 is 0. The molecule has 1 saturated heterocycles. The number of nitrogens with one attached hydrogen (secondary N) is 1. The van der Waals surface area contributed by atoms with E-state index in [1.54, 1.807) is 0 Å². The molecule has 1 amide bonds. The van der Waals surface area contributed by atoms with E-state index in [-0.39, 0.29) is 19.6 Å². The van der Waals surface area contributed by atoms with Gasteiger partial charge in [0.05, 0.1) is 0 Å².